The number of nitrogens with zero attached hydrogens (tertiary/aromatic N) is 2. The number of hydrogen-bond acceptors (Lipinski definition) is 7. The van der Waals surface area contributed by atoms with Gasteiger partial charge in [0.25, 0.3) is 0 Å². The first-order valence-corrected chi connectivity index (χ1v) is 8.32. The minimum absolute atomic E-state index is 0.0727. The highest BCUT2D eigenvalue weighted by atomic mass is 79.9. The van der Waals surface area contributed by atoms with Crippen LogP contribution in [0.2, 0.25) is 0 Å². The van der Waals surface area contributed by atoms with Crippen LogP contribution >= 0.6 is 15.9 Å². The molecule has 2 heterocycles. The van der Waals surface area contributed by atoms with Gasteiger partial charge in [-0.1, -0.05) is 0 Å². The van der Waals surface area contributed by atoms with Gasteiger partial charge >= 0.3 is 5.97 Å². The maximum absolute atomic E-state index is 12.2. The smallest absolute Gasteiger partial charge is 0.324 e. The Labute approximate surface area is 144 Å². The van der Waals surface area contributed by atoms with Crippen molar-refractivity contribution in [1.82, 2.24) is 9.88 Å². The van der Waals surface area contributed by atoms with E-state index in [0.717, 1.165) is 4.47 Å². The first-order chi connectivity index (χ1) is 10.9. The lowest BCUT2D eigenvalue weighted by molar-refractivity contribution is -0.151. The zero-order chi connectivity index (χ0) is 17.0. The summed E-state index contributed by atoms with van der Waals surface area (Å²) in [4.78, 5) is 18.4. The lowest BCUT2D eigenvalue weighted by Crippen LogP contribution is -2.55. The van der Waals surface area contributed by atoms with Crippen molar-refractivity contribution in [2.24, 2.45) is 0 Å². The molecule has 0 amide bonds. The Morgan fingerprint density at radius 3 is 2.83 bits per heavy atom. The number of halogens is 1. The number of hydrogen-bond donors (Lipinski definition) is 2. The molecule has 1 aromatic heterocycles. The number of nitrogens with two attached hydrogens (primary N) is 1. The molecule has 0 aliphatic carbocycles. The van der Waals surface area contributed by atoms with Crippen molar-refractivity contribution in [3.8, 4) is 0 Å². The first-order valence-electron chi connectivity index (χ1n) is 7.53. The molecule has 2 rings (SSSR count). The fourth-order valence-electron chi connectivity index (χ4n) is 2.77. The molecule has 1 aromatic rings. The molecule has 1 aliphatic rings. The van der Waals surface area contributed by atoms with E-state index in [4.69, 9.17) is 15.2 Å². The molecule has 1 unspecified atom stereocenters. The minimum atomic E-state index is -0.410. The summed E-state index contributed by atoms with van der Waals surface area (Å²) < 4.78 is 11.5. The second-order valence-electron chi connectivity index (χ2n) is 5.72. The molecule has 1 saturated heterocycles. The van der Waals surface area contributed by atoms with Gasteiger partial charge in [-0.3, -0.25) is 9.69 Å². The predicted molar refractivity (Wildman–Crippen MR) is 92.2 cm³/mol. The molecule has 0 bridgehead atoms. The summed E-state index contributed by atoms with van der Waals surface area (Å²) in [5, 5.41) is 3.20. The number of nitrogen functional groups attached to an aromatic ring is 1. The monoisotopic (exact) mass is 386 g/mol. The van der Waals surface area contributed by atoms with Crippen LogP contribution in [-0.4, -0.2) is 60.8 Å². The highest BCUT2D eigenvalue weighted by Crippen LogP contribution is 2.21. The second-order valence-corrected chi connectivity index (χ2v) is 6.63. The van der Waals surface area contributed by atoms with E-state index < -0.39 is 6.04 Å². The third kappa shape index (κ3) is 4.79. The predicted octanol–water partition coefficient (Wildman–Crippen LogP) is 1.49. The van der Waals surface area contributed by atoms with Crippen molar-refractivity contribution >= 4 is 33.4 Å². The van der Waals surface area contributed by atoms with E-state index in [1.165, 1.54) is 7.11 Å². The van der Waals surface area contributed by atoms with E-state index in [0.29, 0.717) is 31.1 Å². The average Bonchev–Trinajstić information content (AvgIpc) is 2.49. The second kappa shape index (κ2) is 7.94. The van der Waals surface area contributed by atoms with Gasteiger partial charge in [-0.05, 0) is 35.8 Å². The van der Waals surface area contributed by atoms with Gasteiger partial charge in [-0.15, -0.1) is 0 Å². The van der Waals surface area contributed by atoms with Gasteiger partial charge < -0.3 is 20.5 Å². The number of carbonyl (C=O) groups excluding carboxylic acids is 1. The minimum Gasteiger partial charge on any atom is -0.468 e. The van der Waals surface area contributed by atoms with Crippen LogP contribution in [0.1, 0.15) is 13.8 Å². The molecule has 8 heteroatoms. The number of ether oxygens (including phenoxy) is 2. The highest BCUT2D eigenvalue weighted by Gasteiger charge is 2.32. The van der Waals surface area contributed by atoms with Crippen molar-refractivity contribution in [3.05, 3.63) is 16.7 Å². The molecule has 0 aromatic carbocycles. The Hall–Kier alpha value is -1.38. The maximum atomic E-state index is 12.2. The van der Waals surface area contributed by atoms with Crippen LogP contribution < -0.4 is 11.1 Å². The number of methoxy groups -OCH3 is 1. The topological polar surface area (TPSA) is 89.7 Å². The third-order valence-corrected chi connectivity index (χ3v) is 4.17. The van der Waals surface area contributed by atoms with Crippen LogP contribution in [0.25, 0.3) is 0 Å². The van der Waals surface area contributed by atoms with E-state index in [1.807, 2.05) is 19.9 Å². The van der Waals surface area contributed by atoms with Crippen molar-refractivity contribution in [3.63, 3.8) is 0 Å². The molecular weight excluding hydrogens is 364 g/mol. The number of rotatable bonds is 5. The van der Waals surface area contributed by atoms with Gasteiger partial charge in [0, 0.05) is 30.3 Å². The summed E-state index contributed by atoms with van der Waals surface area (Å²) >= 11 is 3.36. The fourth-order valence-corrected chi connectivity index (χ4v) is 3.10. The van der Waals surface area contributed by atoms with Crippen LogP contribution in [0, 0.1) is 0 Å². The van der Waals surface area contributed by atoms with E-state index in [-0.39, 0.29) is 18.2 Å². The number of esters is 1. The Bertz CT molecular complexity index is 548. The van der Waals surface area contributed by atoms with Gasteiger partial charge in [0.2, 0.25) is 0 Å². The molecule has 3 atom stereocenters. The number of anilines is 2. The fraction of sp³-hybridized carbons (Fsp3) is 0.600. The molecule has 1 fully saturated rings. The SMILES string of the molecule is COC(=O)C(CNc1cc(Br)cnc1N)N1C[C@@H](C)O[C@@H](C)C1. The highest BCUT2D eigenvalue weighted by molar-refractivity contribution is 9.10. The molecule has 1 aliphatic heterocycles. The van der Waals surface area contributed by atoms with Crippen LogP contribution in [-0.2, 0) is 14.3 Å². The molecule has 3 N–H and O–H groups in total. The summed E-state index contributed by atoms with van der Waals surface area (Å²) in [6.07, 6.45) is 1.77. The van der Waals surface area contributed by atoms with E-state index in [1.54, 1.807) is 6.20 Å². The standard InChI is InChI=1S/C15H23BrN4O3/c1-9-7-20(8-10(2)23-9)13(15(21)22-3)6-18-12-4-11(16)5-19-14(12)17/h4-5,9-10,13,18H,6-8H2,1-3H3,(H2,17,19)/t9-,10+,13?. The Morgan fingerprint density at radius 2 is 2.22 bits per heavy atom. The summed E-state index contributed by atoms with van der Waals surface area (Å²) in [6.45, 7) is 5.74. The normalized spacial score (nSPS) is 23.3. The van der Waals surface area contributed by atoms with Crippen LogP contribution in [0.15, 0.2) is 16.7 Å². The van der Waals surface area contributed by atoms with Gasteiger partial charge in [-0.2, -0.15) is 0 Å². The number of carbonyl (C=O) groups is 1. The molecular formula is C15H23BrN4O3. The quantitative estimate of drug-likeness (QED) is 0.740. The molecule has 23 heavy (non-hydrogen) atoms. The number of nitrogens with one attached hydrogen (secondary N) is 1. The van der Waals surface area contributed by atoms with Crippen molar-refractivity contribution in [2.45, 2.75) is 32.1 Å². The number of morpholine rings is 1. The number of aromatic nitrogens is 1. The van der Waals surface area contributed by atoms with E-state index >= 15 is 0 Å². The van der Waals surface area contributed by atoms with Crippen molar-refractivity contribution in [1.29, 1.82) is 0 Å². The summed E-state index contributed by atoms with van der Waals surface area (Å²) in [5.74, 6) is 0.112. The average molecular weight is 387 g/mol. The molecule has 0 radical (unpaired) electrons. The van der Waals surface area contributed by atoms with Gasteiger partial charge in [0.15, 0.2) is 0 Å². The summed E-state index contributed by atoms with van der Waals surface area (Å²) in [5.41, 5.74) is 6.55. The molecule has 0 spiro atoms. The third-order valence-electron chi connectivity index (χ3n) is 3.73. The van der Waals surface area contributed by atoms with E-state index in [2.05, 4.69) is 31.1 Å². The van der Waals surface area contributed by atoms with Crippen molar-refractivity contribution < 1.29 is 14.3 Å². The largest absolute Gasteiger partial charge is 0.468 e. The maximum Gasteiger partial charge on any atom is 0.324 e. The zero-order valence-corrected chi connectivity index (χ0v) is 15.2. The lowest BCUT2D eigenvalue weighted by atomic mass is 10.1. The first kappa shape index (κ1) is 18.0. The summed E-state index contributed by atoms with van der Waals surface area (Å²) in [7, 11) is 1.40. The molecule has 0 saturated carbocycles. The molecule has 7 nitrogen and oxygen atoms in total. The zero-order valence-electron chi connectivity index (χ0n) is 13.6. The van der Waals surface area contributed by atoms with E-state index in [9.17, 15) is 4.79 Å². The van der Waals surface area contributed by atoms with Crippen LogP contribution in [0.3, 0.4) is 0 Å². The number of pyridine rings is 1. The summed E-state index contributed by atoms with van der Waals surface area (Å²) in [6, 6.07) is 1.42. The van der Waals surface area contributed by atoms with Crippen molar-refractivity contribution in [2.75, 3.05) is 37.8 Å². The lowest BCUT2D eigenvalue weighted by Gasteiger charge is -2.39. The Kier molecular flexibility index (Phi) is 6.20. The van der Waals surface area contributed by atoms with Gasteiger partial charge in [-0.25, -0.2) is 4.98 Å². The van der Waals surface area contributed by atoms with Crippen LogP contribution in [0.4, 0.5) is 11.5 Å². The van der Waals surface area contributed by atoms with Gasteiger partial charge in [0.05, 0.1) is 25.0 Å². The van der Waals surface area contributed by atoms with Gasteiger partial charge in [0.1, 0.15) is 11.9 Å². The molecule has 128 valence electrons. The Balaban J connectivity index is 2.09. The van der Waals surface area contributed by atoms with Crippen LogP contribution in [0.5, 0.6) is 0 Å². The Morgan fingerprint density at radius 1 is 1.57 bits per heavy atom.